The number of hydrogen-bond acceptors (Lipinski definition) is 5. The molecule has 7 heteroatoms. The maximum absolute atomic E-state index is 12.9. The third-order valence-electron chi connectivity index (χ3n) is 2.08. The molecule has 0 aliphatic carbocycles. The number of fused-ring (bicyclic) bond motifs is 1. The smallest absolute Gasteiger partial charge is 0.462 e. The van der Waals surface area contributed by atoms with Gasteiger partial charge in [0, 0.05) is 0 Å². The highest BCUT2D eigenvalue weighted by Gasteiger charge is 2.46. The van der Waals surface area contributed by atoms with Crippen molar-refractivity contribution in [2.75, 3.05) is 12.3 Å². The average Bonchev–Trinajstić information content (AvgIpc) is 2.52. The maximum atomic E-state index is 12.9. The Morgan fingerprint density at radius 2 is 2.18 bits per heavy atom. The van der Waals surface area contributed by atoms with Crippen LogP contribution in [0.15, 0.2) is 12.1 Å². The number of anilines is 1. The van der Waals surface area contributed by atoms with Crippen molar-refractivity contribution < 1.29 is 27.8 Å². The van der Waals surface area contributed by atoms with Gasteiger partial charge in [-0.15, -0.1) is 8.78 Å². The third kappa shape index (κ3) is 1.95. The molecule has 0 amide bonds. The van der Waals surface area contributed by atoms with E-state index in [1.807, 2.05) is 0 Å². The molecule has 0 fully saturated rings. The number of nitrogen functional groups attached to an aromatic ring is 1. The minimum Gasteiger partial charge on any atom is -0.462 e. The molecule has 17 heavy (non-hydrogen) atoms. The molecule has 2 N–H and O–H groups in total. The second kappa shape index (κ2) is 3.76. The molecule has 1 aliphatic heterocycles. The van der Waals surface area contributed by atoms with Crippen LogP contribution in [0.5, 0.6) is 11.5 Å². The normalized spacial score (nSPS) is 15.7. The Morgan fingerprint density at radius 1 is 1.47 bits per heavy atom. The zero-order chi connectivity index (χ0) is 12.6. The molecule has 1 aliphatic rings. The Balaban J connectivity index is 2.47. The van der Waals surface area contributed by atoms with Crippen LogP contribution in [0.3, 0.4) is 0 Å². The maximum Gasteiger partial charge on any atom is 0.586 e. The Kier molecular flexibility index (Phi) is 2.53. The number of esters is 1. The first kappa shape index (κ1) is 11.4. The SMILES string of the molecule is CCOC(=O)c1c(N)ccc2c1OC(F)(F)O2. The molecule has 0 spiro atoms. The number of alkyl halides is 2. The molecular formula is C10H9F2NO4. The Labute approximate surface area is 95.1 Å². The highest BCUT2D eigenvalue weighted by molar-refractivity contribution is 5.99. The lowest BCUT2D eigenvalue weighted by Crippen LogP contribution is -2.26. The number of benzene rings is 1. The standard InChI is InChI=1S/C10H9F2NO4/c1-2-15-9(14)7-5(13)3-4-6-8(7)17-10(11,12)16-6/h3-4H,2,13H2,1H3. The van der Waals surface area contributed by atoms with Crippen molar-refractivity contribution in [2.24, 2.45) is 0 Å². The van der Waals surface area contributed by atoms with Gasteiger partial charge in [0.1, 0.15) is 5.56 Å². The van der Waals surface area contributed by atoms with E-state index in [4.69, 9.17) is 10.5 Å². The first-order valence-corrected chi connectivity index (χ1v) is 4.80. The van der Waals surface area contributed by atoms with E-state index >= 15 is 0 Å². The lowest BCUT2D eigenvalue weighted by atomic mass is 10.1. The van der Waals surface area contributed by atoms with Crippen molar-refractivity contribution in [1.29, 1.82) is 0 Å². The van der Waals surface area contributed by atoms with Gasteiger partial charge in [0.15, 0.2) is 11.5 Å². The van der Waals surface area contributed by atoms with Gasteiger partial charge in [0.2, 0.25) is 0 Å². The van der Waals surface area contributed by atoms with Gasteiger partial charge in [-0.2, -0.15) is 0 Å². The van der Waals surface area contributed by atoms with Crippen LogP contribution in [0.25, 0.3) is 0 Å². The Hall–Kier alpha value is -2.05. The van der Waals surface area contributed by atoms with Gasteiger partial charge in [-0.1, -0.05) is 0 Å². The number of halogens is 2. The van der Waals surface area contributed by atoms with Gasteiger partial charge < -0.3 is 19.9 Å². The van der Waals surface area contributed by atoms with Crippen LogP contribution in [-0.2, 0) is 4.74 Å². The summed E-state index contributed by atoms with van der Waals surface area (Å²) in [5.41, 5.74) is 5.27. The van der Waals surface area contributed by atoms with Gasteiger partial charge in [0.25, 0.3) is 0 Å². The lowest BCUT2D eigenvalue weighted by Gasteiger charge is -2.08. The molecule has 1 heterocycles. The fraction of sp³-hybridized carbons (Fsp3) is 0.300. The van der Waals surface area contributed by atoms with E-state index in [1.165, 1.54) is 12.1 Å². The zero-order valence-electron chi connectivity index (χ0n) is 8.83. The first-order valence-electron chi connectivity index (χ1n) is 4.80. The monoisotopic (exact) mass is 245 g/mol. The molecule has 0 atom stereocenters. The predicted molar refractivity (Wildman–Crippen MR) is 53.0 cm³/mol. The minimum atomic E-state index is -3.79. The van der Waals surface area contributed by atoms with Gasteiger partial charge in [-0.3, -0.25) is 0 Å². The number of ether oxygens (including phenoxy) is 3. The number of nitrogens with two attached hydrogens (primary N) is 1. The summed E-state index contributed by atoms with van der Waals surface area (Å²) in [5.74, 6) is -1.47. The number of rotatable bonds is 2. The average molecular weight is 245 g/mol. The molecule has 1 aromatic carbocycles. The van der Waals surface area contributed by atoms with Crippen LogP contribution in [0.2, 0.25) is 0 Å². The van der Waals surface area contributed by atoms with Crippen molar-refractivity contribution >= 4 is 11.7 Å². The molecular weight excluding hydrogens is 236 g/mol. The number of hydrogen-bond donors (Lipinski definition) is 1. The molecule has 0 unspecified atom stereocenters. The molecule has 2 rings (SSSR count). The Bertz CT molecular complexity index is 476. The largest absolute Gasteiger partial charge is 0.586 e. The molecule has 0 bridgehead atoms. The Morgan fingerprint density at radius 3 is 2.82 bits per heavy atom. The summed E-state index contributed by atoms with van der Waals surface area (Å²) < 4.78 is 38.9. The quantitative estimate of drug-likeness (QED) is 0.635. The van der Waals surface area contributed by atoms with Crippen molar-refractivity contribution in [3.63, 3.8) is 0 Å². The fourth-order valence-electron chi connectivity index (χ4n) is 1.44. The topological polar surface area (TPSA) is 70.8 Å². The van der Waals surface area contributed by atoms with Crippen molar-refractivity contribution in [1.82, 2.24) is 0 Å². The first-order chi connectivity index (χ1) is 7.94. The van der Waals surface area contributed by atoms with E-state index in [2.05, 4.69) is 9.47 Å². The van der Waals surface area contributed by atoms with Crippen LogP contribution in [0, 0.1) is 0 Å². The highest BCUT2D eigenvalue weighted by Crippen LogP contribution is 2.45. The second-order valence-electron chi connectivity index (χ2n) is 3.25. The van der Waals surface area contributed by atoms with Crippen LogP contribution in [-0.4, -0.2) is 18.9 Å². The second-order valence-corrected chi connectivity index (χ2v) is 3.25. The third-order valence-corrected chi connectivity index (χ3v) is 2.08. The minimum absolute atomic E-state index is 0.0106. The summed E-state index contributed by atoms with van der Waals surface area (Å²) in [5, 5.41) is 0. The van der Waals surface area contributed by atoms with Crippen molar-refractivity contribution in [2.45, 2.75) is 13.2 Å². The van der Waals surface area contributed by atoms with E-state index in [-0.39, 0.29) is 23.6 Å². The molecule has 5 nitrogen and oxygen atoms in total. The van der Waals surface area contributed by atoms with Gasteiger partial charge in [-0.05, 0) is 19.1 Å². The van der Waals surface area contributed by atoms with Crippen molar-refractivity contribution in [3.05, 3.63) is 17.7 Å². The summed E-state index contributed by atoms with van der Waals surface area (Å²) in [6, 6.07) is 2.48. The zero-order valence-corrected chi connectivity index (χ0v) is 8.83. The van der Waals surface area contributed by atoms with Gasteiger partial charge >= 0.3 is 12.3 Å². The summed E-state index contributed by atoms with van der Waals surface area (Å²) in [7, 11) is 0. The van der Waals surface area contributed by atoms with Gasteiger partial charge in [-0.25, -0.2) is 4.79 Å². The predicted octanol–water partition coefficient (Wildman–Crippen LogP) is 1.77. The molecule has 0 saturated carbocycles. The van der Waals surface area contributed by atoms with E-state index in [9.17, 15) is 13.6 Å². The number of carbonyl (C=O) groups excluding carboxylic acids is 1. The summed E-state index contributed by atoms with van der Waals surface area (Å²) in [6.07, 6.45) is -3.79. The number of carbonyl (C=O) groups is 1. The van der Waals surface area contributed by atoms with Crippen LogP contribution < -0.4 is 15.2 Å². The summed E-state index contributed by atoms with van der Waals surface area (Å²) in [4.78, 5) is 11.6. The molecule has 0 saturated heterocycles. The molecule has 0 radical (unpaired) electrons. The summed E-state index contributed by atoms with van der Waals surface area (Å²) >= 11 is 0. The molecule has 0 aromatic heterocycles. The van der Waals surface area contributed by atoms with E-state index < -0.39 is 18.0 Å². The van der Waals surface area contributed by atoms with E-state index in [1.54, 1.807) is 6.92 Å². The van der Waals surface area contributed by atoms with Crippen LogP contribution in [0.4, 0.5) is 14.5 Å². The molecule has 1 aromatic rings. The van der Waals surface area contributed by atoms with Gasteiger partial charge in [0.05, 0.1) is 12.3 Å². The van der Waals surface area contributed by atoms with E-state index in [0.29, 0.717) is 0 Å². The van der Waals surface area contributed by atoms with Crippen LogP contribution >= 0.6 is 0 Å². The lowest BCUT2D eigenvalue weighted by molar-refractivity contribution is -0.286. The molecule has 92 valence electrons. The summed E-state index contributed by atoms with van der Waals surface area (Å²) in [6.45, 7) is 1.68. The highest BCUT2D eigenvalue weighted by atomic mass is 19.3. The van der Waals surface area contributed by atoms with E-state index in [0.717, 1.165) is 0 Å². The fourth-order valence-corrected chi connectivity index (χ4v) is 1.44. The van der Waals surface area contributed by atoms with Crippen LogP contribution in [0.1, 0.15) is 17.3 Å². The van der Waals surface area contributed by atoms with Crippen molar-refractivity contribution in [3.8, 4) is 11.5 Å².